The van der Waals surface area contributed by atoms with Crippen molar-refractivity contribution in [2.75, 3.05) is 23.0 Å². The largest absolute Gasteiger partial charge is 0.494 e. The molecule has 1 amide bonds. The van der Waals surface area contributed by atoms with Crippen LogP contribution < -0.4 is 21.1 Å². The first kappa shape index (κ1) is 19.6. The number of carbonyl (C=O) groups is 1. The highest BCUT2D eigenvalue weighted by molar-refractivity contribution is 5.92. The van der Waals surface area contributed by atoms with Crippen LogP contribution in [-0.2, 0) is 4.74 Å². The number of hydrogen-bond acceptors (Lipinski definition) is 5. The molecular weight excluding hydrogens is 378 g/mol. The van der Waals surface area contributed by atoms with Gasteiger partial charge in [-0.25, -0.2) is 4.79 Å². The Labute approximate surface area is 176 Å². The molecule has 4 rings (SSSR count). The molecule has 6 heteroatoms. The van der Waals surface area contributed by atoms with Gasteiger partial charge in [0.05, 0.1) is 23.7 Å². The van der Waals surface area contributed by atoms with Gasteiger partial charge >= 0.3 is 6.09 Å². The lowest BCUT2D eigenvalue weighted by Gasteiger charge is -2.26. The van der Waals surface area contributed by atoms with Gasteiger partial charge in [0, 0.05) is 0 Å². The minimum atomic E-state index is -0.458. The van der Waals surface area contributed by atoms with E-state index in [2.05, 4.69) is 6.92 Å². The molecule has 30 heavy (non-hydrogen) atoms. The Morgan fingerprint density at radius 2 is 1.67 bits per heavy atom. The van der Waals surface area contributed by atoms with Crippen molar-refractivity contribution >= 4 is 23.2 Å². The predicted molar refractivity (Wildman–Crippen MR) is 118 cm³/mol. The zero-order chi connectivity index (χ0) is 21.1. The summed E-state index contributed by atoms with van der Waals surface area (Å²) >= 11 is 0. The number of carbonyl (C=O) groups excluding carboxylic acids is 1. The van der Waals surface area contributed by atoms with Gasteiger partial charge in [-0.3, -0.25) is 4.90 Å². The summed E-state index contributed by atoms with van der Waals surface area (Å²) < 4.78 is 11.5. The summed E-state index contributed by atoms with van der Waals surface area (Å²) in [7, 11) is 0. The lowest BCUT2D eigenvalue weighted by atomic mass is 9.95. The Morgan fingerprint density at radius 3 is 2.33 bits per heavy atom. The van der Waals surface area contributed by atoms with Crippen molar-refractivity contribution in [3.63, 3.8) is 0 Å². The molecule has 0 radical (unpaired) electrons. The highest BCUT2D eigenvalue weighted by Gasteiger charge is 2.44. The fraction of sp³-hybridized carbons (Fsp3) is 0.208. The van der Waals surface area contributed by atoms with Gasteiger partial charge in [-0.05, 0) is 47.9 Å². The van der Waals surface area contributed by atoms with Gasteiger partial charge in [0.25, 0.3) is 0 Å². The SMILES string of the molecule is CCCOc1ccc(C2C(c3ccccc3)OC(=O)N2c2ccc(N)c(N)c2)cc1. The van der Waals surface area contributed by atoms with Crippen LogP contribution in [0.2, 0.25) is 0 Å². The van der Waals surface area contributed by atoms with Gasteiger partial charge < -0.3 is 20.9 Å². The van der Waals surface area contributed by atoms with E-state index in [1.807, 2.05) is 54.6 Å². The third kappa shape index (κ3) is 3.76. The van der Waals surface area contributed by atoms with Crippen LogP contribution in [0.15, 0.2) is 72.8 Å². The number of cyclic esters (lactones) is 1. The maximum Gasteiger partial charge on any atom is 0.415 e. The monoisotopic (exact) mass is 403 g/mol. The Bertz CT molecular complexity index is 1020. The minimum absolute atomic E-state index is 0.358. The third-order valence-electron chi connectivity index (χ3n) is 5.16. The van der Waals surface area contributed by atoms with Crippen LogP contribution in [-0.4, -0.2) is 12.7 Å². The van der Waals surface area contributed by atoms with E-state index in [1.54, 1.807) is 23.1 Å². The fourth-order valence-electron chi connectivity index (χ4n) is 3.65. The molecular formula is C24H25N3O3. The summed E-state index contributed by atoms with van der Waals surface area (Å²) in [6, 6.07) is 22.4. The van der Waals surface area contributed by atoms with E-state index < -0.39 is 12.2 Å². The Hall–Kier alpha value is -3.67. The standard InChI is InChI=1S/C24H25N3O3/c1-2-14-29-19-11-8-16(9-12-19)22-23(17-6-4-3-5-7-17)30-24(28)27(22)18-10-13-20(25)21(26)15-18/h3-13,15,22-23H,2,14,25-26H2,1H3. The molecule has 2 atom stereocenters. The molecule has 0 spiro atoms. The van der Waals surface area contributed by atoms with Gasteiger partial charge in [0.15, 0.2) is 6.10 Å². The molecule has 0 bridgehead atoms. The van der Waals surface area contributed by atoms with Crippen molar-refractivity contribution in [1.29, 1.82) is 0 Å². The Balaban J connectivity index is 1.76. The number of rotatable bonds is 6. The second-order valence-corrected chi connectivity index (χ2v) is 7.26. The van der Waals surface area contributed by atoms with Crippen molar-refractivity contribution < 1.29 is 14.3 Å². The number of anilines is 3. The first-order valence-corrected chi connectivity index (χ1v) is 10.0. The van der Waals surface area contributed by atoms with Gasteiger partial charge in [0.2, 0.25) is 0 Å². The zero-order valence-corrected chi connectivity index (χ0v) is 16.8. The molecule has 1 saturated heterocycles. The van der Waals surface area contributed by atoms with Crippen molar-refractivity contribution in [3.05, 3.63) is 83.9 Å². The smallest absolute Gasteiger partial charge is 0.415 e. The van der Waals surface area contributed by atoms with Crippen LogP contribution in [0.4, 0.5) is 21.9 Å². The van der Waals surface area contributed by atoms with Crippen LogP contribution in [0, 0.1) is 0 Å². The van der Waals surface area contributed by atoms with E-state index >= 15 is 0 Å². The molecule has 1 heterocycles. The number of amides is 1. The summed E-state index contributed by atoms with van der Waals surface area (Å²) in [6.45, 7) is 2.73. The number of hydrogen-bond donors (Lipinski definition) is 2. The molecule has 1 fully saturated rings. The zero-order valence-electron chi connectivity index (χ0n) is 16.8. The fourth-order valence-corrected chi connectivity index (χ4v) is 3.65. The maximum atomic E-state index is 13.0. The molecule has 0 aromatic heterocycles. The van der Waals surface area contributed by atoms with E-state index in [0.717, 1.165) is 23.3 Å². The van der Waals surface area contributed by atoms with Crippen molar-refractivity contribution in [2.45, 2.75) is 25.5 Å². The maximum absolute atomic E-state index is 13.0. The van der Waals surface area contributed by atoms with Crippen LogP contribution in [0.25, 0.3) is 0 Å². The van der Waals surface area contributed by atoms with Gasteiger partial charge in [0.1, 0.15) is 11.8 Å². The highest BCUT2D eigenvalue weighted by atomic mass is 16.6. The minimum Gasteiger partial charge on any atom is -0.494 e. The molecule has 2 unspecified atom stereocenters. The number of benzene rings is 3. The van der Waals surface area contributed by atoms with E-state index in [0.29, 0.717) is 23.7 Å². The molecule has 6 nitrogen and oxygen atoms in total. The summed E-state index contributed by atoms with van der Waals surface area (Å²) in [5, 5.41) is 0. The summed E-state index contributed by atoms with van der Waals surface area (Å²) in [5.41, 5.74) is 15.3. The Kier molecular flexibility index (Phi) is 5.48. The Morgan fingerprint density at radius 1 is 0.933 bits per heavy atom. The van der Waals surface area contributed by atoms with Gasteiger partial charge in [-0.15, -0.1) is 0 Å². The van der Waals surface area contributed by atoms with Gasteiger partial charge in [-0.1, -0.05) is 49.4 Å². The molecule has 3 aromatic carbocycles. The normalized spacial score (nSPS) is 18.3. The molecule has 0 saturated carbocycles. The first-order valence-electron chi connectivity index (χ1n) is 10.0. The highest BCUT2D eigenvalue weighted by Crippen LogP contribution is 2.46. The van der Waals surface area contributed by atoms with Gasteiger partial charge in [-0.2, -0.15) is 0 Å². The molecule has 3 aromatic rings. The molecule has 1 aliphatic rings. The van der Waals surface area contributed by atoms with Crippen molar-refractivity contribution in [1.82, 2.24) is 0 Å². The third-order valence-corrected chi connectivity index (χ3v) is 5.16. The van der Waals surface area contributed by atoms with Crippen molar-refractivity contribution in [2.24, 2.45) is 0 Å². The van der Waals surface area contributed by atoms with Crippen LogP contribution >= 0.6 is 0 Å². The molecule has 1 aliphatic heterocycles. The number of nitrogens with zero attached hydrogens (tertiary/aromatic N) is 1. The average molecular weight is 403 g/mol. The van der Waals surface area contributed by atoms with E-state index in [1.165, 1.54) is 0 Å². The van der Waals surface area contributed by atoms with Crippen LogP contribution in [0.5, 0.6) is 5.75 Å². The molecule has 154 valence electrons. The predicted octanol–water partition coefficient (Wildman–Crippen LogP) is 5.08. The summed E-state index contributed by atoms with van der Waals surface area (Å²) in [5.74, 6) is 0.797. The topological polar surface area (TPSA) is 90.8 Å². The first-order chi connectivity index (χ1) is 14.6. The average Bonchev–Trinajstić information content (AvgIpc) is 3.12. The number of nitrogen functional groups attached to an aromatic ring is 2. The quantitative estimate of drug-likeness (QED) is 0.560. The lowest BCUT2D eigenvalue weighted by Crippen LogP contribution is -2.28. The number of ether oxygens (including phenoxy) is 2. The number of nitrogens with two attached hydrogens (primary N) is 2. The summed E-state index contributed by atoms with van der Waals surface area (Å²) in [6.07, 6.45) is 0.0546. The molecule has 4 N–H and O–H groups in total. The van der Waals surface area contributed by atoms with E-state index in [-0.39, 0.29) is 6.04 Å². The molecule has 0 aliphatic carbocycles. The lowest BCUT2D eigenvalue weighted by molar-refractivity contribution is 0.132. The van der Waals surface area contributed by atoms with Crippen molar-refractivity contribution in [3.8, 4) is 5.75 Å². The van der Waals surface area contributed by atoms with Crippen LogP contribution in [0.3, 0.4) is 0 Å². The second-order valence-electron chi connectivity index (χ2n) is 7.26. The van der Waals surface area contributed by atoms with Crippen LogP contribution in [0.1, 0.15) is 36.6 Å². The second kappa shape index (κ2) is 8.37. The summed E-state index contributed by atoms with van der Waals surface area (Å²) in [4.78, 5) is 14.6. The van der Waals surface area contributed by atoms with E-state index in [4.69, 9.17) is 20.9 Å². The van der Waals surface area contributed by atoms with E-state index in [9.17, 15) is 4.79 Å².